The minimum Gasteiger partial charge on any atom is -0.497 e. The molecule has 0 fully saturated rings. The lowest BCUT2D eigenvalue weighted by atomic mass is 10.1. The van der Waals surface area contributed by atoms with E-state index >= 15 is 0 Å². The number of hydrogen-bond donors (Lipinski definition) is 1. The fourth-order valence-electron chi connectivity index (χ4n) is 1.79. The zero-order valence-corrected chi connectivity index (χ0v) is 11.6. The van der Waals surface area contributed by atoms with Gasteiger partial charge in [-0.2, -0.15) is 0 Å². The van der Waals surface area contributed by atoms with Gasteiger partial charge < -0.3 is 14.6 Å². The molecule has 2 rings (SSSR count). The zero-order chi connectivity index (χ0) is 15.1. The smallest absolute Gasteiger partial charge is 0.126 e. The standard InChI is InChI=1S/C17H15FO3/c1-20-16-8-7-13(4-3-9-19)14(10-16)12-21-17-6-2-5-15(18)11-17/h2,5-8,10-11,19H,9,12H2,1H3. The Hall–Kier alpha value is -2.51. The molecule has 0 spiro atoms. The van der Waals surface area contributed by atoms with Gasteiger partial charge in [0.15, 0.2) is 0 Å². The Morgan fingerprint density at radius 2 is 2.00 bits per heavy atom. The Labute approximate surface area is 122 Å². The van der Waals surface area contributed by atoms with Crippen LogP contribution in [-0.2, 0) is 6.61 Å². The van der Waals surface area contributed by atoms with Crippen LogP contribution in [0, 0.1) is 17.7 Å². The number of aliphatic hydroxyl groups is 1. The van der Waals surface area contributed by atoms with E-state index in [4.69, 9.17) is 14.6 Å². The van der Waals surface area contributed by atoms with E-state index in [2.05, 4.69) is 11.8 Å². The van der Waals surface area contributed by atoms with E-state index in [1.54, 1.807) is 37.4 Å². The molecule has 0 aliphatic carbocycles. The molecule has 3 nitrogen and oxygen atoms in total. The number of halogens is 1. The van der Waals surface area contributed by atoms with Crippen molar-refractivity contribution in [2.24, 2.45) is 0 Å². The van der Waals surface area contributed by atoms with Crippen LogP contribution >= 0.6 is 0 Å². The Morgan fingerprint density at radius 1 is 1.14 bits per heavy atom. The first-order chi connectivity index (χ1) is 10.2. The predicted molar refractivity (Wildman–Crippen MR) is 77.7 cm³/mol. The van der Waals surface area contributed by atoms with E-state index in [0.717, 1.165) is 11.1 Å². The van der Waals surface area contributed by atoms with Gasteiger partial charge in [-0.25, -0.2) is 4.39 Å². The van der Waals surface area contributed by atoms with E-state index < -0.39 is 0 Å². The number of aliphatic hydroxyl groups excluding tert-OH is 1. The highest BCUT2D eigenvalue weighted by molar-refractivity contribution is 5.45. The highest BCUT2D eigenvalue weighted by Crippen LogP contribution is 2.20. The molecule has 0 saturated heterocycles. The van der Waals surface area contributed by atoms with E-state index in [-0.39, 0.29) is 19.0 Å². The van der Waals surface area contributed by atoms with Crippen LogP contribution in [0.4, 0.5) is 4.39 Å². The number of hydrogen-bond acceptors (Lipinski definition) is 3. The summed E-state index contributed by atoms with van der Waals surface area (Å²) in [5, 5.41) is 8.79. The summed E-state index contributed by atoms with van der Waals surface area (Å²) in [5.74, 6) is 6.23. The summed E-state index contributed by atoms with van der Waals surface area (Å²) < 4.78 is 23.8. The number of methoxy groups -OCH3 is 1. The third kappa shape index (κ3) is 4.23. The van der Waals surface area contributed by atoms with Crippen LogP contribution in [0.15, 0.2) is 42.5 Å². The molecule has 0 aromatic heterocycles. The van der Waals surface area contributed by atoms with Gasteiger partial charge in [0.05, 0.1) is 7.11 Å². The van der Waals surface area contributed by atoms with Gasteiger partial charge in [-0.15, -0.1) is 0 Å². The molecule has 0 radical (unpaired) electrons. The summed E-state index contributed by atoms with van der Waals surface area (Å²) in [5.41, 5.74) is 1.54. The SMILES string of the molecule is COc1ccc(C#CCO)c(COc2cccc(F)c2)c1. The normalized spacial score (nSPS) is 9.67. The molecule has 2 aromatic carbocycles. The van der Waals surface area contributed by atoms with E-state index in [1.807, 2.05) is 0 Å². The molecule has 0 aliphatic heterocycles. The summed E-state index contributed by atoms with van der Waals surface area (Å²) in [6.07, 6.45) is 0. The summed E-state index contributed by atoms with van der Waals surface area (Å²) in [6, 6.07) is 11.3. The number of ether oxygens (including phenoxy) is 2. The molecule has 0 bridgehead atoms. The first-order valence-electron chi connectivity index (χ1n) is 6.38. The summed E-state index contributed by atoms with van der Waals surface area (Å²) >= 11 is 0. The minimum atomic E-state index is -0.349. The van der Waals surface area contributed by atoms with Crippen molar-refractivity contribution in [1.82, 2.24) is 0 Å². The molecule has 4 heteroatoms. The van der Waals surface area contributed by atoms with Crippen molar-refractivity contribution in [2.75, 3.05) is 13.7 Å². The fourth-order valence-corrected chi connectivity index (χ4v) is 1.79. The average molecular weight is 286 g/mol. The Kier molecular flexibility index (Phi) is 5.19. The molecular formula is C17H15FO3. The highest BCUT2D eigenvalue weighted by atomic mass is 19.1. The van der Waals surface area contributed by atoms with Crippen molar-refractivity contribution in [3.63, 3.8) is 0 Å². The van der Waals surface area contributed by atoms with E-state index in [0.29, 0.717) is 11.5 Å². The Bertz CT molecular complexity index is 671. The Morgan fingerprint density at radius 3 is 2.71 bits per heavy atom. The highest BCUT2D eigenvalue weighted by Gasteiger charge is 2.05. The van der Waals surface area contributed by atoms with Crippen LogP contribution in [0.5, 0.6) is 11.5 Å². The minimum absolute atomic E-state index is 0.212. The van der Waals surface area contributed by atoms with Gasteiger partial charge in [0.1, 0.15) is 30.5 Å². The van der Waals surface area contributed by atoms with Gasteiger partial charge in [0.2, 0.25) is 0 Å². The first-order valence-corrected chi connectivity index (χ1v) is 6.38. The Balaban J connectivity index is 2.20. The molecule has 0 atom stereocenters. The molecule has 0 saturated carbocycles. The average Bonchev–Trinajstić information content (AvgIpc) is 2.51. The van der Waals surface area contributed by atoms with Gasteiger partial charge in [-0.3, -0.25) is 0 Å². The van der Waals surface area contributed by atoms with Crippen molar-refractivity contribution in [3.05, 3.63) is 59.4 Å². The van der Waals surface area contributed by atoms with Crippen LogP contribution in [0.25, 0.3) is 0 Å². The lowest BCUT2D eigenvalue weighted by Gasteiger charge is -2.10. The van der Waals surface area contributed by atoms with Gasteiger partial charge in [-0.1, -0.05) is 17.9 Å². The van der Waals surface area contributed by atoms with Crippen LogP contribution in [0.3, 0.4) is 0 Å². The molecule has 0 unspecified atom stereocenters. The number of benzene rings is 2. The second kappa shape index (κ2) is 7.32. The quantitative estimate of drug-likeness (QED) is 0.878. The third-order valence-electron chi connectivity index (χ3n) is 2.80. The lowest BCUT2D eigenvalue weighted by molar-refractivity contribution is 0.303. The molecular weight excluding hydrogens is 271 g/mol. The van der Waals surface area contributed by atoms with Crippen LogP contribution in [0.1, 0.15) is 11.1 Å². The van der Waals surface area contributed by atoms with Gasteiger partial charge in [0, 0.05) is 17.2 Å². The van der Waals surface area contributed by atoms with Crippen molar-refractivity contribution in [2.45, 2.75) is 6.61 Å². The van der Waals surface area contributed by atoms with Crippen LogP contribution in [-0.4, -0.2) is 18.8 Å². The molecule has 21 heavy (non-hydrogen) atoms. The summed E-state index contributed by atoms with van der Waals surface area (Å²) in [7, 11) is 1.58. The largest absolute Gasteiger partial charge is 0.497 e. The van der Waals surface area contributed by atoms with Crippen molar-refractivity contribution in [1.29, 1.82) is 0 Å². The maximum Gasteiger partial charge on any atom is 0.126 e. The van der Waals surface area contributed by atoms with Crippen LogP contribution < -0.4 is 9.47 Å². The second-order valence-corrected chi connectivity index (χ2v) is 4.23. The topological polar surface area (TPSA) is 38.7 Å². The van der Waals surface area contributed by atoms with Gasteiger partial charge >= 0.3 is 0 Å². The van der Waals surface area contributed by atoms with Crippen LogP contribution in [0.2, 0.25) is 0 Å². The predicted octanol–water partition coefficient (Wildman–Crippen LogP) is 2.76. The van der Waals surface area contributed by atoms with Crippen molar-refractivity contribution < 1.29 is 19.0 Å². The molecule has 0 amide bonds. The molecule has 0 aliphatic rings. The monoisotopic (exact) mass is 286 g/mol. The zero-order valence-electron chi connectivity index (χ0n) is 11.6. The fraction of sp³-hybridized carbons (Fsp3) is 0.176. The maximum atomic E-state index is 13.1. The number of rotatable bonds is 4. The maximum absolute atomic E-state index is 13.1. The van der Waals surface area contributed by atoms with Gasteiger partial charge in [-0.05, 0) is 30.3 Å². The van der Waals surface area contributed by atoms with Gasteiger partial charge in [0.25, 0.3) is 0 Å². The van der Waals surface area contributed by atoms with Crippen molar-refractivity contribution >= 4 is 0 Å². The van der Waals surface area contributed by atoms with Crippen molar-refractivity contribution in [3.8, 4) is 23.3 Å². The molecule has 108 valence electrons. The summed E-state index contributed by atoms with van der Waals surface area (Å²) in [4.78, 5) is 0. The third-order valence-corrected chi connectivity index (χ3v) is 2.80. The molecule has 0 heterocycles. The van der Waals surface area contributed by atoms with E-state index in [1.165, 1.54) is 12.1 Å². The van der Waals surface area contributed by atoms with E-state index in [9.17, 15) is 4.39 Å². The lowest BCUT2D eigenvalue weighted by Crippen LogP contribution is -1.99. The molecule has 2 aromatic rings. The summed E-state index contributed by atoms with van der Waals surface area (Å²) in [6.45, 7) is 0.0202. The first kappa shape index (κ1) is 14.9. The molecule has 1 N–H and O–H groups in total. The second-order valence-electron chi connectivity index (χ2n) is 4.23.